The Balaban J connectivity index is 1.70. The standard InChI is InChI=1S/C17H20N2O2/c20-14-17(16-6-2-3-11-18-16)9-7-15(8-10-17)21-19-12-4-1-5-13-19/h2-3,6-9,11,14H,1,4-5,10,12-13H2. The number of piperidine rings is 1. The zero-order chi connectivity index (χ0) is 14.5. The molecule has 2 aliphatic rings. The van der Waals surface area contributed by atoms with Crippen molar-refractivity contribution in [2.75, 3.05) is 13.1 Å². The molecule has 110 valence electrons. The summed E-state index contributed by atoms with van der Waals surface area (Å²) in [5.74, 6) is 0.824. The van der Waals surface area contributed by atoms with E-state index in [2.05, 4.69) is 4.98 Å². The SMILES string of the molecule is O=CC1(c2ccccn2)C=CC(ON2CCCCC2)=CC1. The fraction of sp³-hybridized carbons (Fsp3) is 0.412. The number of nitrogens with zero attached hydrogens (tertiary/aromatic N) is 2. The van der Waals surface area contributed by atoms with Crippen molar-refractivity contribution in [3.05, 3.63) is 54.1 Å². The van der Waals surface area contributed by atoms with Gasteiger partial charge in [0.05, 0.1) is 11.1 Å². The van der Waals surface area contributed by atoms with E-state index in [0.29, 0.717) is 6.42 Å². The van der Waals surface area contributed by atoms with Crippen LogP contribution in [0.2, 0.25) is 0 Å². The van der Waals surface area contributed by atoms with E-state index in [1.807, 2.05) is 41.5 Å². The maximum Gasteiger partial charge on any atom is 0.143 e. The highest BCUT2D eigenvalue weighted by molar-refractivity contribution is 5.72. The molecule has 0 amide bonds. The van der Waals surface area contributed by atoms with Crippen molar-refractivity contribution in [2.24, 2.45) is 0 Å². The van der Waals surface area contributed by atoms with Crippen molar-refractivity contribution in [1.82, 2.24) is 10.0 Å². The van der Waals surface area contributed by atoms with Crippen LogP contribution in [0.1, 0.15) is 31.4 Å². The Morgan fingerprint density at radius 2 is 2.10 bits per heavy atom. The molecule has 1 atom stereocenters. The third kappa shape index (κ3) is 3.05. The van der Waals surface area contributed by atoms with Gasteiger partial charge in [-0.05, 0) is 43.5 Å². The Morgan fingerprint density at radius 3 is 2.71 bits per heavy atom. The highest BCUT2D eigenvalue weighted by atomic mass is 16.7. The molecule has 2 heterocycles. The number of allylic oxidation sites excluding steroid dienone is 3. The highest BCUT2D eigenvalue weighted by Crippen LogP contribution is 2.31. The molecule has 1 aromatic rings. The Morgan fingerprint density at radius 1 is 1.24 bits per heavy atom. The molecule has 0 aromatic carbocycles. The van der Waals surface area contributed by atoms with Gasteiger partial charge in [-0.15, -0.1) is 5.06 Å². The predicted octanol–water partition coefficient (Wildman–Crippen LogP) is 2.78. The number of hydroxylamine groups is 2. The van der Waals surface area contributed by atoms with Crippen molar-refractivity contribution in [3.8, 4) is 0 Å². The number of aldehydes is 1. The second-order valence-electron chi connectivity index (χ2n) is 5.60. The highest BCUT2D eigenvalue weighted by Gasteiger charge is 2.32. The molecule has 0 bridgehead atoms. The van der Waals surface area contributed by atoms with E-state index in [0.717, 1.165) is 30.8 Å². The van der Waals surface area contributed by atoms with E-state index >= 15 is 0 Å². The quantitative estimate of drug-likeness (QED) is 0.797. The molecule has 1 aliphatic carbocycles. The first-order valence-corrected chi connectivity index (χ1v) is 7.53. The normalized spacial score (nSPS) is 26.2. The Labute approximate surface area is 125 Å². The number of carbonyl (C=O) groups excluding carboxylic acids is 1. The van der Waals surface area contributed by atoms with E-state index in [1.54, 1.807) is 6.20 Å². The van der Waals surface area contributed by atoms with Gasteiger partial charge in [0.2, 0.25) is 0 Å². The van der Waals surface area contributed by atoms with Gasteiger partial charge in [-0.1, -0.05) is 18.6 Å². The molecule has 0 spiro atoms. The Hall–Kier alpha value is -1.94. The van der Waals surface area contributed by atoms with Crippen LogP contribution < -0.4 is 0 Å². The number of pyridine rings is 1. The molecule has 1 aromatic heterocycles. The number of carbonyl (C=O) groups is 1. The average Bonchev–Trinajstić information content (AvgIpc) is 2.58. The third-order valence-electron chi connectivity index (χ3n) is 4.09. The number of hydrogen-bond acceptors (Lipinski definition) is 4. The van der Waals surface area contributed by atoms with Crippen molar-refractivity contribution < 1.29 is 9.63 Å². The Bertz CT molecular complexity index is 547. The van der Waals surface area contributed by atoms with Gasteiger partial charge in [-0.2, -0.15) is 0 Å². The summed E-state index contributed by atoms with van der Waals surface area (Å²) in [7, 11) is 0. The summed E-state index contributed by atoms with van der Waals surface area (Å²) >= 11 is 0. The summed E-state index contributed by atoms with van der Waals surface area (Å²) in [5.41, 5.74) is 0.125. The molecule has 4 nitrogen and oxygen atoms in total. The summed E-state index contributed by atoms with van der Waals surface area (Å²) in [6.07, 6.45) is 12.7. The minimum absolute atomic E-state index is 0.590. The molecular weight excluding hydrogens is 264 g/mol. The van der Waals surface area contributed by atoms with E-state index in [4.69, 9.17) is 4.84 Å². The van der Waals surface area contributed by atoms with Gasteiger partial charge in [0, 0.05) is 19.3 Å². The second kappa shape index (κ2) is 6.22. The van der Waals surface area contributed by atoms with Crippen molar-refractivity contribution in [3.63, 3.8) is 0 Å². The first-order valence-electron chi connectivity index (χ1n) is 7.53. The average molecular weight is 284 g/mol. The van der Waals surface area contributed by atoms with E-state index in [1.165, 1.54) is 19.3 Å². The van der Waals surface area contributed by atoms with Gasteiger partial charge < -0.3 is 9.63 Å². The first kappa shape index (κ1) is 14.0. The van der Waals surface area contributed by atoms with Gasteiger partial charge >= 0.3 is 0 Å². The fourth-order valence-electron chi connectivity index (χ4n) is 2.79. The largest absolute Gasteiger partial charge is 0.406 e. The second-order valence-corrected chi connectivity index (χ2v) is 5.60. The first-order chi connectivity index (χ1) is 10.3. The summed E-state index contributed by atoms with van der Waals surface area (Å²) in [5, 5.41) is 2.01. The lowest BCUT2D eigenvalue weighted by Gasteiger charge is -2.30. The monoisotopic (exact) mass is 284 g/mol. The van der Waals surface area contributed by atoms with Crippen molar-refractivity contribution in [2.45, 2.75) is 31.1 Å². The molecule has 1 aliphatic heterocycles. The maximum absolute atomic E-state index is 11.6. The van der Waals surface area contributed by atoms with Crippen LogP contribution in [-0.2, 0) is 15.0 Å². The summed E-state index contributed by atoms with van der Waals surface area (Å²) in [4.78, 5) is 21.8. The van der Waals surface area contributed by atoms with Crippen molar-refractivity contribution in [1.29, 1.82) is 0 Å². The molecule has 0 radical (unpaired) electrons. The van der Waals surface area contributed by atoms with Crippen LogP contribution in [-0.4, -0.2) is 29.4 Å². The minimum atomic E-state index is -0.657. The van der Waals surface area contributed by atoms with Crippen LogP contribution in [0.5, 0.6) is 0 Å². The van der Waals surface area contributed by atoms with Crippen molar-refractivity contribution >= 4 is 6.29 Å². The van der Waals surface area contributed by atoms with E-state index in [-0.39, 0.29) is 0 Å². The van der Waals surface area contributed by atoms with Crippen LogP contribution >= 0.6 is 0 Å². The molecular formula is C17H20N2O2. The molecule has 1 saturated heterocycles. The molecule has 21 heavy (non-hydrogen) atoms. The topological polar surface area (TPSA) is 42.4 Å². The Kier molecular flexibility index (Phi) is 4.15. The van der Waals surface area contributed by atoms with Gasteiger partial charge in [-0.3, -0.25) is 4.98 Å². The molecule has 0 saturated carbocycles. The van der Waals surface area contributed by atoms with Crippen LogP contribution in [0.4, 0.5) is 0 Å². The fourth-order valence-corrected chi connectivity index (χ4v) is 2.79. The number of rotatable bonds is 4. The lowest BCUT2D eigenvalue weighted by Crippen LogP contribution is -2.31. The van der Waals surface area contributed by atoms with E-state index < -0.39 is 5.41 Å². The zero-order valence-electron chi connectivity index (χ0n) is 12.1. The predicted molar refractivity (Wildman–Crippen MR) is 80.3 cm³/mol. The van der Waals surface area contributed by atoms with Crippen LogP contribution in [0.15, 0.2) is 48.4 Å². The minimum Gasteiger partial charge on any atom is -0.406 e. The third-order valence-corrected chi connectivity index (χ3v) is 4.09. The molecule has 4 heteroatoms. The summed E-state index contributed by atoms with van der Waals surface area (Å²) in [6, 6.07) is 5.66. The molecule has 1 unspecified atom stereocenters. The number of hydrogen-bond donors (Lipinski definition) is 0. The van der Waals surface area contributed by atoms with Gasteiger partial charge in [0.1, 0.15) is 12.0 Å². The van der Waals surface area contributed by atoms with Crippen LogP contribution in [0, 0.1) is 0 Å². The lowest BCUT2D eigenvalue weighted by molar-refractivity contribution is -0.126. The molecule has 0 N–H and O–H groups in total. The van der Waals surface area contributed by atoms with Crippen LogP contribution in [0.3, 0.4) is 0 Å². The summed E-state index contributed by atoms with van der Waals surface area (Å²) in [6.45, 7) is 1.95. The van der Waals surface area contributed by atoms with Gasteiger partial charge in [-0.25, -0.2) is 0 Å². The molecule has 1 fully saturated rings. The molecule has 3 rings (SSSR count). The van der Waals surface area contributed by atoms with Gasteiger partial charge in [0.25, 0.3) is 0 Å². The summed E-state index contributed by atoms with van der Waals surface area (Å²) < 4.78 is 0. The maximum atomic E-state index is 11.6. The van der Waals surface area contributed by atoms with Crippen LogP contribution in [0.25, 0.3) is 0 Å². The zero-order valence-corrected chi connectivity index (χ0v) is 12.1. The van der Waals surface area contributed by atoms with E-state index in [9.17, 15) is 4.79 Å². The van der Waals surface area contributed by atoms with Gasteiger partial charge in [0.15, 0.2) is 0 Å². The lowest BCUT2D eigenvalue weighted by atomic mass is 9.79. The number of aromatic nitrogens is 1. The smallest absolute Gasteiger partial charge is 0.143 e.